The summed E-state index contributed by atoms with van der Waals surface area (Å²) in [6, 6.07) is 2.38. The van der Waals surface area contributed by atoms with Gasteiger partial charge in [-0.25, -0.2) is 9.78 Å². The molecule has 0 aliphatic heterocycles. The van der Waals surface area contributed by atoms with E-state index in [-0.39, 0.29) is 10.7 Å². The van der Waals surface area contributed by atoms with E-state index in [0.717, 1.165) is 0 Å². The van der Waals surface area contributed by atoms with Crippen molar-refractivity contribution in [3.05, 3.63) is 29.0 Å². The Morgan fingerprint density at radius 3 is 2.81 bits per heavy atom. The summed E-state index contributed by atoms with van der Waals surface area (Å²) >= 11 is 5.73. The van der Waals surface area contributed by atoms with Gasteiger partial charge >= 0.3 is 5.97 Å². The van der Waals surface area contributed by atoms with Crippen molar-refractivity contribution in [2.75, 3.05) is 7.11 Å². The zero-order valence-corrected chi connectivity index (χ0v) is 9.62. The van der Waals surface area contributed by atoms with Crippen LogP contribution in [0.5, 0.6) is 0 Å². The fraction of sp³-hybridized carbons (Fsp3) is 0.300. The molecule has 16 heavy (non-hydrogen) atoms. The molecule has 1 heterocycles. The highest BCUT2D eigenvalue weighted by Crippen LogP contribution is 2.11. The Bertz CT molecular complexity index is 409. The number of methoxy groups -OCH3 is 1. The number of hydrogen-bond donors (Lipinski definition) is 1. The normalized spacial score (nSPS) is 11.7. The zero-order valence-electron chi connectivity index (χ0n) is 8.86. The van der Waals surface area contributed by atoms with Crippen LogP contribution in [-0.2, 0) is 9.53 Å². The molecule has 0 saturated carbocycles. The summed E-state index contributed by atoms with van der Waals surface area (Å²) in [6.45, 7) is 1.52. The van der Waals surface area contributed by atoms with Gasteiger partial charge in [0.2, 0.25) is 0 Å². The van der Waals surface area contributed by atoms with Gasteiger partial charge in [-0.2, -0.15) is 0 Å². The molecule has 1 atom stereocenters. The van der Waals surface area contributed by atoms with E-state index >= 15 is 0 Å². The van der Waals surface area contributed by atoms with E-state index in [1.54, 1.807) is 6.07 Å². The van der Waals surface area contributed by atoms with Crippen LogP contribution in [0.4, 0.5) is 0 Å². The molecule has 0 aliphatic carbocycles. The van der Waals surface area contributed by atoms with E-state index in [9.17, 15) is 9.59 Å². The fourth-order valence-electron chi connectivity index (χ4n) is 1.07. The number of nitrogens with zero attached hydrogens (tertiary/aromatic N) is 1. The van der Waals surface area contributed by atoms with Crippen molar-refractivity contribution in [3.8, 4) is 0 Å². The van der Waals surface area contributed by atoms with Crippen LogP contribution in [0.15, 0.2) is 18.3 Å². The summed E-state index contributed by atoms with van der Waals surface area (Å²) in [7, 11) is 1.25. The topological polar surface area (TPSA) is 68.3 Å². The van der Waals surface area contributed by atoms with Crippen molar-refractivity contribution in [2.24, 2.45) is 0 Å². The van der Waals surface area contributed by atoms with Crippen LogP contribution in [0.25, 0.3) is 0 Å². The first kappa shape index (κ1) is 12.4. The van der Waals surface area contributed by atoms with E-state index in [4.69, 9.17) is 11.6 Å². The van der Waals surface area contributed by atoms with E-state index < -0.39 is 17.9 Å². The minimum atomic E-state index is -0.728. The van der Waals surface area contributed by atoms with Crippen LogP contribution >= 0.6 is 11.6 Å². The van der Waals surface area contributed by atoms with Gasteiger partial charge in [0.15, 0.2) is 0 Å². The van der Waals surface area contributed by atoms with Crippen molar-refractivity contribution >= 4 is 23.5 Å². The molecule has 1 N–H and O–H groups in total. The fourth-order valence-corrected chi connectivity index (χ4v) is 1.27. The number of nitrogens with one attached hydrogen (secondary N) is 1. The average molecular weight is 243 g/mol. The highest BCUT2D eigenvalue weighted by molar-refractivity contribution is 6.32. The van der Waals surface area contributed by atoms with Crippen molar-refractivity contribution in [1.82, 2.24) is 10.3 Å². The zero-order chi connectivity index (χ0) is 12.1. The smallest absolute Gasteiger partial charge is 0.328 e. The number of pyridine rings is 1. The SMILES string of the molecule is COC(=O)[C@@H](C)NC(=O)c1cccnc1Cl. The Morgan fingerprint density at radius 1 is 1.56 bits per heavy atom. The maximum atomic E-state index is 11.7. The van der Waals surface area contributed by atoms with Gasteiger partial charge in [0.25, 0.3) is 5.91 Å². The molecule has 1 amide bonds. The molecule has 1 aromatic rings. The van der Waals surface area contributed by atoms with Gasteiger partial charge in [0.1, 0.15) is 11.2 Å². The van der Waals surface area contributed by atoms with E-state index in [0.29, 0.717) is 0 Å². The third-order valence-electron chi connectivity index (χ3n) is 1.91. The van der Waals surface area contributed by atoms with Crippen molar-refractivity contribution in [2.45, 2.75) is 13.0 Å². The number of carbonyl (C=O) groups is 2. The second-order valence-electron chi connectivity index (χ2n) is 3.06. The Labute approximate surface area is 97.8 Å². The molecule has 0 aliphatic rings. The largest absolute Gasteiger partial charge is 0.467 e. The second-order valence-corrected chi connectivity index (χ2v) is 3.42. The van der Waals surface area contributed by atoms with Crippen LogP contribution in [0.2, 0.25) is 5.15 Å². The van der Waals surface area contributed by atoms with Crippen LogP contribution in [0.1, 0.15) is 17.3 Å². The number of ether oxygens (including phenoxy) is 1. The van der Waals surface area contributed by atoms with Crippen LogP contribution in [0.3, 0.4) is 0 Å². The number of hydrogen-bond acceptors (Lipinski definition) is 4. The van der Waals surface area contributed by atoms with Crippen molar-refractivity contribution in [1.29, 1.82) is 0 Å². The maximum Gasteiger partial charge on any atom is 0.328 e. The standard InChI is InChI=1S/C10H11ClN2O3/c1-6(10(15)16-2)13-9(14)7-4-3-5-12-8(7)11/h3-6H,1-2H3,(H,13,14)/t6-/m1/s1. The molecule has 0 radical (unpaired) electrons. The van der Waals surface area contributed by atoms with Crippen LogP contribution in [0, 0.1) is 0 Å². The monoisotopic (exact) mass is 242 g/mol. The summed E-state index contributed by atoms with van der Waals surface area (Å²) in [5.41, 5.74) is 0.222. The van der Waals surface area contributed by atoms with Gasteiger partial charge in [0, 0.05) is 6.20 Å². The third kappa shape index (κ3) is 2.93. The number of rotatable bonds is 3. The van der Waals surface area contributed by atoms with Gasteiger partial charge in [0.05, 0.1) is 12.7 Å². The molecule has 1 rings (SSSR count). The van der Waals surface area contributed by atoms with Crippen LogP contribution < -0.4 is 5.32 Å². The minimum absolute atomic E-state index is 0.0945. The summed E-state index contributed by atoms with van der Waals surface area (Å²) in [4.78, 5) is 26.5. The van der Waals surface area contributed by atoms with E-state index in [1.165, 1.54) is 26.3 Å². The Balaban J connectivity index is 2.73. The lowest BCUT2D eigenvalue weighted by molar-refractivity contribution is -0.142. The van der Waals surface area contributed by atoms with Crippen molar-refractivity contribution in [3.63, 3.8) is 0 Å². The number of aromatic nitrogens is 1. The van der Waals surface area contributed by atoms with Gasteiger partial charge in [-0.15, -0.1) is 0 Å². The third-order valence-corrected chi connectivity index (χ3v) is 2.21. The molecule has 1 aromatic heterocycles. The molecule has 0 bridgehead atoms. The van der Waals surface area contributed by atoms with E-state index in [2.05, 4.69) is 15.0 Å². The number of halogens is 1. The maximum absolute atomic E-state index is 11.7. The second kappa shape index (κ2) is 5.46. The molecule has 0 aromatic carbocycles. The molecule has 6 heteroatoms. The molecule has 0 fully saturated rings. The number of amides is 1. The Hall–Kier alpha value is -1.62. The lowest BCUT2D eigenvalue weighted by Crippen LogP contribution is -2.39. The first-order valence-electron chi connectivity index (χ1n) is 4.55. The molecular weight excluding hydrogens is 232 g/mol. The molecule has 0 saturated heterocycles. The average Bonchev–Trinajstić information content (AvgIpc) is 2.28. The number of carbonyl (C=O) groups excluding carboxylic acids is 2. The minimum Gasteiger partial charge on any atom is -0.467 e. The Morgan fingerprint density at radius 2 is 2.25 bits per heavy atom. The summed E-state index contributed by atoms with van der Waals surface area (Å²) < 4.78 is 4.48. The van der Waals surface area contributed by atoms with Crippen LogP contribution in [-0.4, -0.2) is 30.0 Å². The first-order valence-corrected chi connectivity index (χ1v) is 4.93. The van der Waals surface area contributed by atoms with Crippen molar-refractivity contribution < 1.29 is 14.3 Å². The number of esters is 1. The van der Waals surface area contributed by atoms with Gasteiger partial charge in [-0.1, -0.05) is 11.6 Å². The van der Waals surface area contributed by atoms with Gasteiger partial charge in [-0.05, 0) is 19.1 Å². The molecular formula is C10H11ClN2O3. The predicted molar refractivity (Wildman–Crippen MR) is 58.2 cm³/mol. The molecule has 0 unspecified atom stereocenters. The predicted octanol–water partition coefficient (Wildman–Crippen LogP) is 1.03. The van der Waals surface area contributed by atoms with Gasteiger partial charge in [-0.3, -0.25) is 4.79 Å². The highest BCUT2D eigenvalue weighted by Gasteiger charge is 2.18. The first-order chi connectivity index (χ1) is 7.56. The summed E-state index contributed by atoms with van der Waals surface area (Å²) in [5, 5.41) is 2.54. The molecule has 0 spiro atoms. The molecule has 5 nitrogen and oxygen atoms in total. The highest BCUT2D eigenvalue weighted by atomic mass is 35.5. The lowest BCUT2D eigenvalue weighted by atomic mass is 10.2. The summed E-state index contributed by atoms with van der Waals surface area (Å²) in [6.07, 6.45) is 1.48. The molecule has 86 valence electrons. The van der Waals surface area contributed by atoms with E-state index in [1.807, 2.05) is 0 Å². The van der Waals surface area contributed by atoms with Gasteiger partial charge < -0.3 is 10.1 Å². The lowest BCUT2D eigenvalue weighted by Gasteiger charge is -2.11. The Kier molecular flexibility index (Phi) is 4.25. The quantitative estimate of drug-likeness (QED) is 0.635. The summed E-state index contributed by atoms with van der Waals surface area (Å²) in [5.74, 6) is -0.982.